The van der Waals surface area contributed by atoms with Gasteiger partial charge >= 0.3 is 0 Å². The van der Waals surface area contributed by atoms with E-state index in [9.17, 15) is 0 Å². The highest BCUT2D eigenvalue weighted by molar-refractivity contribution is 4.88. The van der Waals surface area contributed by atoms with Crippen LogP contribution in [0.2, 0.25) is 0 Å². The molecule has 0 aromatic heterocycles. The van der Waals surface area contributed by atoms with Crippen LogP contribution in [0.3, 0.4) is 0 Å². The molecule has 0 saturated heterocycles. The largest absolute Gasteiger partial charge is 0.325 e. The summed E-state index contributed by atoms with van der Waals surface area (Å²) in [6, 6.07) is 0. The van der Waals surface area contributed by atoms with E-state index in [-0.39, 0.29) is 5.54 Å². The van der Waals surface area contributed by atoms with E-state index in [4.69, 9.17) is 5.73 Å². The molecule has 0 amide bonds. The molecule has 0 bridgehead atoms. The molecule has 0 aliphatic heterocycles. The van der Waals surface area contributed by atoms with Crippen molar-refractivity contribution in [1.29, 1.82) is 0 Å². The van der Waals surface area contributed by atoms with Gasteiger partial charge in [-0.3, -0.25) is 0 Å². The molecule has 0 radical (unpaired) electrons. The van der Waals surface area contributed by atoms with Crippen LogP contribution in [0.15, 0.2) is 0 Å². The van der Waals surface area contributed by atoms with Crippen LogP contribution >= 0.6 is 0 Å². The number of nitrogens with two attached hydrogens (primary N) is 1. The molecule has 15 heavy (non-hydrogen) atoms. The molecule has 0 heterocycles. The van der Waals surface area contributed by atoms with E-state index in [1.807, 2.05) is 0 Å². The monoisotopic (exact) mass is 210 g/mol. The maximum Gasteiger partial charge on any atom is 0.0166 e. The lowest BCUT2D eigenvalue weighted by molar-refractivity contribution is 0.274. The summed E-state index contributed by atoms with van der Waals surface area (Å²) in [5.74, 6) is 1.93. The zero-order valence-corrected chi connectivity index (χ0v) is 10.1. The van der Waals surface area contributed by atoms with E-state index in [0.717, 1.165) is 18.4 Å². The van der Waals surface area contributed by atoms with Gasteiger partial charge in [0.05, 0.1) is 0 Å². The first-order chi connectivity index (χ1) is 7.20. The van der Waals surface area contributed by atoms with Crippen LogP contribution in [0.25, 0.3) is 0 Å². The first-order valence-electron chi connectivity index (χ1n) is 6.69. The van der Waals surface area contributed by atoms with Crippen molar-refractivity contribution in [2.24, 2.45) is 17.6 Å². The number of hydrogen-bond donors (Lipinski definition) is 2. The van der Waals surface area contributed by atoms with Gasteiger partial charge in [0, 0.05) is 5.54 Å². The Bertz CT molecular complexity index is 197. The minimum absolute atomic E-state index is 0.167. The molecule has 0 aromatic carbocycles. The van der Waals surface area contributed by atoms with Gasteiger partial charge in [-0.15, -0.1) is 0 Å². The molecule has 2 atom stereocenters. The number of hydrogen-bond acceptors (Lipinski definition) is 2. The fourth-order valence-electron chi connectivity index (χ4n) is 2.81. The molecule has 88 valence electrons. The third-order valence-corrected chi connectivity index (χ3v) is 4.33. The van der Waals surface area contributed by atoms with Crippen LogP contribution in [0.5, 0.6) is 0 Å². The van der Waals surface area contributed by atoms with Crippen molar-refractivity contribution in [3.05, 3.63) is 0 Å². The first-order valence-corrected chi connectivity index (χ1v) is 6.69. The van der Waals surface area contributed by atoms with Crippen molar-refractivity contribution >= 4 is 0 Å². The lowest BCUT2D eigenvalue weighted by atomic mass is 9.80. The SMILES string of the molecule is CC1CC1CNCCC1(N)CCCCC1. The molecule has 2 aliphatic carbocycles. The lowest BCUT2D eigenvalue weighted by Crippen LogP contribution is -2.44. The molecule has 0 spiro atoms. The molecule has 2 saturated carbocycles. The highest BCUT2D eigenvalue weighted by Crippen LogP contribution is 2.36. The second-order valence-corrected chi connectivity index (χ2v) is 5.85. The third-order valence-electron chi connectivity index (χ3n) is 4.33. The fourth-order valence-corrected chi connectivity index (χ4v) is 2.81. The van der Waals surface area contributed by atoms with Crippen molar-refractivity contribution in [3.63, 3.8) is 0 Å². The summed E-state index contributed by atoms with van der Waals surface area (Å²) in [5.41, 5.74) is 6.55. The van der Waals surface area contributed by atoms with Crippen LogP contribution in [-0.2, 0) is 0 Å². The average molecular weight is 210 g/mol. The Labute approximate surface area is 94.0 Å². The zero-order valence-electron chi connectivity index (χ0n) is 10.1. The Morgan fingerprint density at radius 2 is 1.93 bits per heavy atom. The van der Waals surface area contributed by atoms with Crippen LogP contribution in [-0.4, -0.2) is 18.6 Å². The Kier molecular flexibility index (Phi) is 3.68. The quantitative estimate of drug-likeness (QED) is 0.683. The van der Waals surface area contributed by atoms with Crippen molar-refractivity contribution in [1.82, 2.24) is 5.32 Å². The van der Waals surface area contributed by atoms with Crippen molar-refractivity contribution < 1.29 is 0 Å². The van der Waals surface area contributed by atoms with Gasteiger partial charge in [-0.1, -0.05) is 26.2 Å². The molecule has 2 heteroatoms. The van der Waals surface area contributed by atoms with Crippen LogP contribution < -0.4 is 11.1 Å². The normalized spacial score (nSPS) is 34.0. The lowest BCUT2D eigenvalue weighted by Gasteiger charge is -2.33. The summed E-state index contributed by atoms with van der Waals surface area (Å²) >= 11 is 0. The van der Waals surface area contributed by atoms with Gasteiger partial charge < -0.3 is 11.1 Å². The minimum Gasteiger partial charge on any atom is -0.325 e. The first kappa shape index (κ1) is 11.4. The summed E-state index contributed by atoms with van der Waals surface area (Å²) in [4.78, 5) is 0. The average Bonchev–Trinajstić information content (AvgIpc) is 2.91. The molecular formula is C13H26N2. The Hall–Kier alpha value is -0.0800. The second kappa shape index (κ2) is 4.84. The van der Waals surface area contributed by atoms with E-state index in [1.165, 1.54) is 51.5 Å². The fraction of sp³-hybridized carbons (Fsp3) is 1.00. The van der Waals surface area contributed by atoms with E-state index >= 15 is 0 Å². The predicted octanol–water partition coefficient (Wildman–Crippen LogP) is 2.28. The Balaban J connectivity index is 1.56. The predicted molar refractivity (Wildman–Crippen MR) is 64.8 cm³/mol. The number of nitrogens with one attached hydrogen (secondary N) is 1. The van der Waals surface area contributed by atoms with Gasteiger partial charge in [-0.2, -0.15) is 0 Å². The van der Waals surface area contributed by atoms with Crippen molar-refractivity contribution in [2.45, 2.75) is 57.4 Å². The van der Waals surface area contributed by atoms with Crippen molar-refractivity contribution in [3.8, 4) is 0 Å². The molecule has 2 unspecified atom stereocenters. The topological polar surface area (TPSA) is 38.0 Å². The summed E-state index contributed by atoms with van der Waals surface area (Å²) in [7, 11) is 0. The minimum atomic E-state index is 0.167. The van der Waals surface area contributed by atoms with E-state index in [1.54, 1.807) is 0 Å². The highest BCUT2D eigenvalue weighted by Gasteiger charge is 2.32. The zero-order chi connectivity index (χ0) is 10.7. The van der Waals surface area contributed by atoms with Gasteiger partial charge in [0.15, 0.2) is 0 Å². The maximum absolute atomic E-state index is 6.38. The summed E-state index contributed by atoms with van der Waals surface area (Å²) < 4.78 is 0. The van der Waals surface area contributed by atoms with Gasteiger partial charge in [0.1, 0.15) is 0 Å². The summed E-state index contributed by atoms with van der Waals surface area (Å²) in [6.07, 6.45) is 9.18. The summed E-state index contributed by atoms with van der Waals surface area (Å²) in [5, 5.41) is 3.57. The molecule has 3 N–H and O–H groups in total. The molecule has 2 fully saturated rings. The Morgan fingerprint density at radius 1 is 1.27 bits per heavy atom. The van der Waals surface area contributed by atoms with Gasteiger partial charge in [-0.25, -0.2) is 0 Å². The van der Waals surface area contributed by atoms with Crippen LogP contribution in [0, 0.1) is 11.8 Å². The van der Waals surface area contributed by atoms with E-state index in [2.05, 4.69) is 12.2 Å². The molecule has 2 rings (SSSR count). The van der Waals surface area contributed by atoms with Gasteiger partial charge in [0.2, 0.25) is 0 Å². The van der Waals surface area contributed by atoms with E-state index < -0.39 is 0 Å². The highest BCUT2D eigenvalue weighted by atomic mass is 14.9. The van der Waals surface area contributed by atoms with Gasteiger partial charge in [0.25, 0.3) is 0 Å². The third kappa shape index (κ3) is 3.46. The molecule has 0 aromatic rings. The van der Waals surface area contributed by atoms with Crippen LogP contribution in [0.1, 0.15) is 51.9 Å². The van der Waals surface area contributed by atoms with E-state index in [0.29, 0.717) is 0 Å². The van der Waals surface area contributed by atoms with Crippen molar-refractivity contribution in [2.75, 3.05) is 13.1 Å². The Morgan fingerprint density at radius 3 is 2.53 bits per heavy atom. The number of rotatable bonds is 5. The van der Waals surface area contributed by atoms with Crippen LogP contribution in [0.4, 0.5) is 0 Å². The standard InChI is InChI=1S/C13H26N2/c1-11-9-12(11)10-15-8-7-13(14)5-3-2-4-6-13/h11-12,15H,2-10,14H2,1H3. The second-order valence-electron chi connectivity index (χ2n) is 5.85. The van der Waals surface area contributed by atoms with Gasteiger partial charge in [-0.05, 0) is 50.6 Å². The molecular weight excluding hydrogens is 184 g/mol. The summed E-state index contributed by atoms with van der Waals surface area (Å²) in [6.45, 7) is 4.69. The maximum atomic E-state index is 6.38. The molecule has 2 nitrogen and oxygen atoms in total. The molecule has 2 aliphatic rings. The smallest absolute Gasteiger partial charge is 0.0166 e.